The maximum Gasteiger partial charge on any atom is 0.407 e. The number of aliphatic hydroxyl groups is 2. The van der Waals surface area contributed by atoms with E-state index in [1.165, 1.54) is 116 Å². The number of aliphatic hydroxyl groups excluding tert-OH is 2. The van der Waals surface area contributed by atoms with Crippen LogP contribution in [0.15, 0.2) is 0 Å². The highest BCUT2D eigenvalue weighted by Crippen LogP contribution is 2.24. The second kappa shape index (κ2) is 42.4. The monoisotopic (exact) mass is 1010 g/mol. The van der Waals surface area contributed by atoms with Gasteiger partial charge in [-0.25, -0.2) is 9.59 Å². The molecule has 1 fully saturated rings. The van der Waals surface area contributed by atoms with E-state index in [0.717, 1.165) is 70.6 Å². The van der Waals surface area contributed by atoms with E-state index in [-0.39, 0.29) is 31.8 Å². The van der Waals surface area contributed by atoms with Crippen molar-refractivity contribution in [2.45, 2.75) is 315 Å². The molecular weight excluding hydrogens is 907 g/mol. The van der Waals surface area contributed by atoms with Crippen LogP contribution in [0.25, 0.3) is 0 Å². The summed E-state index contributed by atoms with van der Waals surface area (Å²) in [5.41, 5.74) is -0.813. The summed E-state index contributed by atoms with van der Waals surface area (Å²) in [4.78, 5) is 64.8. The number of carboxylic acid groups (broad SMARTS) is 1. The molecule has 71 heavy (non-hydrogen) atoms. The fourth-order valence-corrected chi connectivity index (χ4v) is 8.99. The molecule has 0 spiro atoms. The molecule has 15 nitrogen and oxygen atoms in total. The molecule has 416 valence electrons. The maximum absolute atomic E-state index is 13.9. The molecule has 0 aliphatic carbocycles. The lowest BCUT2D eigenvalue weighted by Gasteiger charge is -2.43. The molecule has 15 heteroatoms. The second-order valence-electron chi connectivity index (χ2n) is 21.3. The van der Waals surface area contributed by atoms with Crippen LogP contribution >= 0.6 is 0 Å². The molecular formula is C56H105N3O12. The smallest absolute Gasteiger partial charge is 0.407 e. The van der Waals surface area contributed by atoms with Gasteiger partial charge in [-0.2, -0.15) is 0 Å². The van der Waals surface area contributed by atoms with Crippen LogP contribution in [0.1, 0.15) is 266 Å². The van der Waals surface area contributed by atoms with E-state index in [1.54, 1.807) is 20.8 Å². The summed E-state index contributed by atoms with van der Waals surface area (Å²) in [5, 5.41) is 40.6. The minimum Gasteiger partial charge on any atom is -0.480 e. The van der Waals surface area contributed by atoms with Gasteiger partial charge in [0.15, 0.2) is 12.3 Å². The van der Waals surface area contributed by atoms with Crippen molar-refractivity contribution in [3.05, 3.63) is 0 Å². The Morgan fingerprint density at radius 3 is 1.46 bits per heavy atom. The highest BCUT2D eigenvalue weighted by molar-refractivity contribution is 5.83. The van der Waals surface area contributed by atoms with E-state index in [4.69, 9.17) is 18.9 Å². The zero-order chi connectivity index (χ0) is 52.5. The third-order valence-corrected chi connectivity index (χ3v) is 13.3. The number of rotatable bonds is 45. The third kappa shape index (κ3) is 35.7. The molecule has 0 radical (unpaired) electrons. The summed E-state index contributed by atoms with van der Waals surface area (Å²) in [6.45, 7) is 10.8. The lowest BCUT2D eigenvalue weighted by Crippen LogP contribution is -2.66. The Bertz CT molecular complexity index is 1380. The molecule has 0 aromatic carbocycles. The van der Waals surface area contributed by atoms with Crippen molar-refractivity contribution in [1.29, 1.82) is 0 Å². The van der Waals surface area contributed by atoms with Gasteiger partial charge in [0, 0.05) is 19.4 Å². The van der Waals surface area contributed by atoms with Crippen LogP contribution in [0.4, 0.5) is 4.79 Å². The fourth-order valence-electron chi connectivity index (χ4n) is 8.99. The Hall–Kier alpha value is -3.01. The summed E-state index contributed by atoms with van der Waals surface area (Å²) in [7, 11) is 0. The minimum atomic E-state index is -1.69. The molecule has 1 rings (SSSR count). The number of carbonyl (C=O) groups is 5. The van der Waals surface area contributed by atoms with Crippen LogP contribution in [0.5, 0.6) is 0 Å². The number of alkyl carbamates (subject to hydrolysis) is 1. The van der Waals surface area contributed by atoms with Crippen LogP contribution < -0.4 is 16.0 Å². The number of hydrogen-bond acceptors (Lipinski definition) is 11. The number of carbonyl (C=O) groups excluding carboxylic acids is 4. The van der Waals surface area contributed by atoms with Crippen LogP contribution in [0, 0.1) is 0 Å². The zero-order valence-corrected chi connectivity index (χ0v) is 45.7. The number of ether oxygens (including phenoxy) is 4. The van der Waals surface area contributed by atoms with Crippen molar-refractivity contribution < 1.29 is 58.2 Å². The summed E-state index contributed by atoms with van der Waals surface area (Å²) >= 11 is 0. The van der Waals surface area contributed by atoms with E-state index >= 15 is 0 Å². The van der Waals surface area contributed by atoms with Gasteiger partial charge < -0.3 is 50.2 Å². The molecule has 1 heterocycles. The summed E-state index contributed by atoms with van der Waals surface area (Å²) in [6.07, 6.45) is 28.0. The SMILES string of the molecule is CCCCCCCCCCCCCC(=O)N[C@@H](CO[C@@H]1O[C@H](CNC(=O)OC(C)(C)C)[C@@H](O)[C@H](O)[C@H]1NC(=O)C[C@@H](CCCCCCCCCCC)OC(=O)CCCCCCCCCCCCC)C(=O)O. The molecule has 0 unspecified atom stereocenters. The van der Waals surface area contributed by atoms with Crippen molar-refractivity contribution in [2.75, 3.05) is 13.2 Å². The first-order valence-electron chi connectivity index (χ1n) is 28.7. The van der Waals surface area contributed by atoms with Gasteiger partial charge >= 0.3 is 18.0 Å². The van der Waals surface area contributed by atoms with Crippen molar-refractivity contribution in [3.63, 3.8) is 0 Å². The number of hydrogen-bond donors (Lipinski definition) is 6. The van der Waals surface area contributed by atoms with Crippen molar-refractivity contribution in [3.8, 4) is 0 Å². The number of esters is 1. The zero-order valence-electron chi connectivity index (χ0n) is 45.7. The quantitative estimate of drug-likeness (QED) is 0.0248. The lowest BCUT2D eigenvalue weighted by molar-refractivity contribution is -0.264. The van der Waals surface area contributed by atoms with Gasteiger partial charge in [-0.05, 0) is 46.5 Å². The summed E-state index contributed by atoms with van der Waals surface area (Å²) in [5.74, 6) is -2.76. The first-order chi connectivity index (χ1) is 34.1. The maximum atomic E-state index is 13.9. The van der Waals surface area contributed by atoms with Crippen molar-refractivity contribution >= 4 is 29.8 Å². The molecule has 1 aliphatic rings. The van der Waals surface area contributed by atoms with Gasteiger partial charge in [-0.3, -0.25) is 14.4 Å². The van der Waals surface area contributed by atoms with Crippen molar-refractivity contribution in [1.82, 2.24) is 16.0 Å². The van der Waals surface area contributed by atoms with Gasteiger partial charge in [-0.1, -0.05) is 201 Å². The highest BCUT2D eigenvalue weighted by atomic mass is 16.7. The van der Waals surface area contributed by atoms with E-state index in [9.17, 15) is 39.3 Å². The van der Waals surface area contributed by atoms with E-state index < -0.39 is 78.9 Å². The van der Waals surface area contributed by atoms with Gasteiger partial charge in [0.1, 0.15) is 36.1 Å². The Labute approximate surface area is 430 Å². The van der Waals surface area contributed by atoms with E-state index in [2.05, 4.69) is 36.7 Å². The molecule has 6 N–H and O–H groups in total. The molecule has 1 aliphatic heterocycles. The third-order valence-electron chi connectivity index (χ3n) is 13.3. The molecule has 0 aromatic rings. The van der Waals surface area contributed by atoms with Crippen LogP contribution in [-0.2, 0) is 38.1 Å². The number of amides is 3. The van der Waals surface area contributed by atoms with Gasteiger partial charge in [0.2, 0.25) is 11.8 Å². The molecule has 0 saturated carbocycles. The molecule has 1 saturated heterocycles. The topological polar surface area (TPSA) is 219 Å². The molecule has 0 bridgehead atoms. The predicted octanol–water partition coefficient (Wildman–Crippen LogP) is 11.7. The highest BCUT2D eigenvalue weighted by Gasteiger charge is 2.46. The van der Waals surface area contributed by atoms with Gasteiger partial charge in [0.25, 0.3) is 0 Å². The normalized spacial score (nSPS) is 18.9. The second-order valence-corrected chi connectivity index (χ2v) is 21.3. The first-order valence-corrected chi connectivity index (χ1v) is 28.7. The molecule has 0 aromatic heterocycles. The fraction of sp³-hybridized carbons (Fsp3) is 0.911. The molecule has 7 atom stereocenters. The predicted molar refractivity (Wildman–Crippen MR) is 281 cm³/mol. The Morgan fingerprint density at radius 1 is 0.577 bits per heavy atom. The first kappa shape index (κ1) is 66.0. The Morgan fingerprint density at radius 2 is 1.01 bits per heavy atom. The van der Waals surface area contributed by atoms with E-state index in [1.807, 2.05) is 0 Å². The molecule has 3 amide bonds. The summed E-state index contributed by atoms with van der Waals surface area (Å²) in [6, 6.07) is -2.89. The number of carboxylic acids is 1. The van der Waals surface area contributed by atoms with Gasteiger partial charge in [0.05, 0.1) is 13.0 Å². The largest absolute Gasteiger partial charge is 0.480 e. The number of nitrogens with one attached hydrogen (secondary N) is 3. The standard InChI is InChI=1S/C56H105N3O12/c1-7-10-13-16-19-22-24-27-30-33-36-39-47(60)58-45(53(65)66)43-68-54-50(52(64)51(63)46(70-54)42-57-55(67)71-56(4,5)6)59-48(61)41-44(38-35-32-29-26-21-18-15-12-9-3)69-49(62)40-37-34-31-28-25-23-20-17-14-11-8-2/h44-46,50-52,54,63-64H,7-43H2,1-6H3,(H,57,67)(H,58,60)(H,59,61)(H,65,66)/t44-,45+,46-,50-,51-,52-,54-/m1/s1. The van der Waals surface area contributed by atoms with Crippen LogP contribution in [-0.4, -0.2) is 107 Å². The van der Waals surface area contributed by atoms with Crippen LogP contribution in [0.3, 0.4) is 0 Å². The Kier molecular flexibility index (Phi) is 39.4. The van der Waals surface area contributed by atoms with Gasteiger partial charge in [-0.15, -0.1) is 0 Å². The minimum absolute atomic E-state index is 0.146. The van der Waals surface area contributed by atoms with Crippen LogP contribution in [0.2, 0.25) is 0 Å². The van der Waals surface area contributed by atoms with Crippen molar-refractivity contribution in [2.24, 2.45) is 0 Å². The average molecular weight is 1010 g/mol. The average Bonchev–Trinajstić information content (AvgIpc) is 3.31. The summed E-state index contributed by atoms with van der Waals surface area (Å²) < 4.78 is 23.2. The Balaban J connectivity index is 3.00. The lowest BCUT2D eigenvalue weighted by atomic mass is 9.96. The number of unbranched alkanes of at least 4 members (excludes halogenated alkanes) is 28. The number of aliphatic carboxylic acids is 1. The van der Waals surface area contributed by atoms with E-state index in [0.29, 0.717) is 19.3 Å².